The van der Waals surface area contributed by atoms with Crippen molar-refractivity contribution in [3.8, 4) is 44.5 Å². The second-order valence-corrected chi connectivity index (χ2v) is 18.1. The topological polar surface area (TPSA) is 3.24 Å². The molecular formula is C66H45N. The van der Waals surface area contributed by atoms with Crippen molar-refractivity contribution in [2.24, 2.45) is 0 Å². The second kappa shape index (κ2) is 15.6. The van der Waals surface area contributed by atoms with Gasteiger partial charge in [-0.3, -0.25) is 0 Å². The van der Waals surface area contributed by atoms with Crippen LogP contribution >= 0.6 is 0 Å². The van der Waals surface area contributed by atoms with Gasteiger partial charge in [-0.1, -0.05) is 218 Å². The summed E-state index contributed by atoms with van der Waals surface area (Å²) in [5.41, 5.74) is 16.8. The Kier molecular flexibility index (Phi) is 9.05. The van der Waals surface area contributed by atoms with Crippen molar-refractivity contribution in [2.75, 3.05) is 4.90 Å². The highest BCUT2D eigenvalue weighted by Crippen LogP contribution is 2.57. The van der Waals surface area contributed by atoms with Crippen LogP contribution in [0.15, 0.2) is 255 Å². The predicted octanol–water partition coefficient (Wildman–Crippen LogP) is 18.1. The molecule has 0 spiro atoms. The van der Waals surface area contributed by atoms with Gasteiger partial charge in [-0.05, 0) is 142 Å². The van der Waals surface area contributed by atoms with Gasteiger partial charge in [0.2, 0.25) is 0 Å². The van der Waals surface area contributed by atoms with E-state index in [0.717, 1.165) is 22.6 Å². The molecule has 1 heteroatoms. The van der Waals surface area contributed by atoms with Crippen LogP contribution < -0.4 is 4.90 Å². The number of rotatable bonds is 7. The molecule has 1 aliphatic carbocycles. The Labute approximate surface area is 391 Å². The normalized spacial score (nSPS) is 14.1. The molecule has 12 aromatic carbocycles. The number of anilines is 3. The molecule has 0 N–H and O–H groups in total. The predicted molar refractivity (Wildman–Crippen MR) is 285 cm³/mol. The van der Waals surface area contributed by atoms with Gasteiger partial charge < -0.3 is 4.90 Å². The lowest BCUT2D eigenvalue weighted by atomic mass is 9.74. The molecule has 0 aromatic heterocycles. The van der Waals surface area contributed by atoms with Crippen molar-refractivity contribution < 1.29 is 0 Å². The summed E-state index contributed by atoms with van der Waals surface area (Å²) in [6, 6.07) is 94.2. The lowest BCUT2D eigenvalue weighted by Gasteiger charge is -2.31. The van der Waals surface area contributed by atoms with E-state index in [1.807, 2.05) is 0 Å². The third-order valence-corrected chi connectivity index (χ3v) is 14.5. The fourth-order valence-electron chi connectivity index (χ4n) is 11.4. The molecule has 1 unspecified atom stereocenters. The summed E-state index contributed by atoms with van der Waals surface area (Å²) in [6.07, 6.45) is 0. The van der Waals surface area contributed by atoms with Crippen molar-refractivity contribution in [3.05, 3.63) is 271 Å². The molecular weight excluding hydrogens is 807 g/mol. The summed E-state index contributed by atoms with van der Waals surface area (Å²) < 4.78 is 0. The third-order valence-electron chi connectivity index (χ3n) is 14.5. The fraction of sp³-hybridized carbons (Fsp3) is 0.0303. The molecule has 0 aliphatic heterocycles. The van der Waals surface area contributed by atoms with Crippen LogP contribution in [0.2, 0.25) is 0 Å². The molecule has 0 saturated heterocycles. The zero-order valence-corrected chi connectivity index (χ0v) is 37.2. The Morgan fingerprint density at radius 2 is 0.836 bits per heavy atom. The molecule has 0 bridgehead atoms. The fourth-order valence-corrected chi connectivity index (χ4v) is 11.4. The van der Waals surface area contributed by atoms with Crippen molar-refractivity contribution in [2.45, 2.75) is 12.3 Å². The molecule has 13 rings (SSSR count). The maximum atomic E-state index is 2.50. The zero-order chi connectivity index (χ0) is 44.5. The summed E-state index contributed by atoms with van der Waals surface area (Å²) in [6.45, 7) is 2.40. The zero-order valence-electron chi connectivity index (χ0n) is 37.2. The first-order valence-electron chi connectivity index (χ1n) is 23.3. The molecule has 67 heavy (non-hydrogen) atoms. The van der Waals surface area contributed by atoms with E-state index in [2.05, 4.69) is 267 Å². The largest absolute Gasteiger partial charge is 0.310 e. The number of hydrogen-bond acceptors (Lipinski definition) is 1. The monoisotopic (exact) mass is 851 g/mol. The standard InChI is InChI=1S/C66H45N/c1-66(50-25-9-4-10-26-50)60-32-16-15-31-58(60)65-61(66)33-18-34-62(65)67(52-38-40-54-49(42-52)36-35-44-19-11-12-28-53(44)54)51-27-17-24-47(41-51)48-37-39-56-55-29-13-14-30-57(55)63(45-20-5-2-6-21-45)64(59(56)43-48)46-22-7-3-8-23-46/h2-43H,1H3. The Hall–Kier alpha value is -8.52. The van der Waals surface area contributed by atoms with E-state index in [4.69, 9.17) is 0 Å². The van der Waals surface area contributed by atoms with Crippen molar-refractivity contribution >= 4 is 60.2 Å². The second-order valence-electron chi connectivity index (χ2n) is 18.1. The number of benzene rings is 12. The van der Waals surface area contributed by atoms with Crippen LogP contribution in [0.4, 0.5) is 17.1 Å². The Morgan fingerprint density at radius 3 is 1.63 bits per heavy atom. The van der Waals surface area contributed by atoms with Crippen LogP contribution in [-0.4, -0.2) is 0 Å². The Bertz CT molecular complexity index is 3870. The van der Waals surface area contributed by atoms with E-state index < -0.39 is 0 Å². The van der Waals surface area contributed by atoms with Crippen LogP contribution in [0.25, 0.3) is 87.6 Å². The molecule has 12 aromatic rings. The first-order chi connectivity index (χ1) is 33.1. The lowest BCUT2D eigenvalue weighted by molar-refractivity contribution is 0.714. The summed E-state index contributed by atoms with van der Waals surface area (Å²) in [7, 11) is 0. The van der Waals surface area contributed by atoms with Gasteiger partial charge in [0.15, 0.2) is 0 Å². The Balaban J connectivity index is 1.05. The molecule has 1 nitrogen and oxygen atoms in total. The summed E-state index contributed by atoms with van der Waals surface area (Å²) >= 11 is 0. The van der Waals surface area contributed by atoms with Gasteiger partial charge in [0, 0.05) is 22.4 Å². The molecule has 1 aliphatic rings. The molecule has 0 heterocycles. The Morgan fingerprint density at radius 1 is 0.299 bits per heavy atom. The molecule has 314 valence electrons. The number of nitrogens with zero attached hydrogens (tertiary/aromatic N) is 1. The lowest BCUT2D eigenvalue weighted by Crippen LogP contribution is -2.22. The van der Waals surface area contributed by atoms with Crippen LogP contribution in [-0.2, 0) is 5.41 Å². The molecule has 0 fully saturated rings. The first kappa shape index (κ1) is 38.9. The van der Waals surface area contributed by atoms with E-state index in [0.29, 0.717) is 0 Å². The van der Waals surface area contributed by atoms with E-state index in [1.54, 1.807) is 0 Å². The molecule has 1 atom stereocenters. The van der Waals surface area contributed by atoms with Gasteiger partial charge >= 0.3 is 0 Å². The summed E-state index contributed by atoms with van der Waals surface area (Å²) in [5, 5.41) is 9.98. The molecule has 0 amide bonds. The third kappa shape index (κ3) is 6.16. The minimum atomic E-state index is -0.330. The maximum Gasteiger partial charge on any atom is 0.0543 e. The number of hydrogen-bond donors (Lipinski definition) is 0. The van der Waals surface area contributed by atoms with Gasteiger partial charge in [0.05, 0.1) is 5.69 Å². The molecule has 0 saturated carbocycles. The van der Waals surface area contributed by atoms with Crippen LogP contribution in [0, 0.1) is 0 Å². The average molecular weight is 852 g/mol. The van der Waals surface area contributed by atoms with Gasteiger partial charge in [-0.25, -0.2) is 0 Å². The minimum absolute atomic E-state index is 0.330. The highest BCUT2D eigenvalue weighted by molar-refractivity contribution is 6.22. The number of fused-ring (bicyclic) bond motifs is 9. The highest BCUT2D eigenvalue weighted by atomic mass is 15.1. The quantitative estimate of drug-likeness (QED) is 0.144. The van der Waals surface area contributed by atoms with E-state index >= 15 is 0 Å². The van der Waals surface area contributed by atoms with Crippen molar-refractivity contribution in [3.63, 3.8) is 0 Å². The SMILES string of the molecule is CC1(c2ccccc2)c2ccccc2-c2c(N(c3cccc(-c4ccc5c(c4)c(-c4ccccc4)c(-c4ccccc4)c4ccccc45)c3)c3ccc4c(ccc5ccccc54)c3)cccc21. The van der Waals surface area contributed by atoms with Crippen molar-refractivity contribution in [1.82, 2.24) is 0 Å². The van der Waals surface area contributed by atoms with Crippen LogP contribution in [0.3, 0.4) is 0 Å². The van der Waals surface area contributed by atoms with Gasteiger partial charge in [-0.2, -0.15) is 0 Å². The summed E-state index contributed by atoms with van der Waals surface area (Å²) in [4.78, 5) is 2.50. The van der Waals surface area contributed by atoms with Crippen LogP contribution in [0.1, 0.15) is 23.6 Å². The van der Waals surface area contributed by atoms with Gasteiger partial charge in [-0.15, -0.1) is 0 Å². The van der Waals surface area contributed by atoms with Crippen molar-refractivity contribution in [1.29, 1.82) is 0 Å². The highest BCUT2D eigenvalue weighted by Gasteiger charge is 2.42. The first-order valence-corrected chi connectivity index (χ1v) is 23.3. The molecule has 0 radical (unpaired) electrons. The van der Waals surface area contributed by atoms with E-state index in [9.17, 15) is 0 Å². The maximum absolute atomic E-state index is 2.50. The summed E-state index contributed by atoms with van der Waals surface area (Å²) in [5.74, 6) is 0. The smallest absolute Gasteiger partial charge is 0.0543 e. The van der Waals surface area contributed by atoms with E-state index in [-0.39, 0.29) is 5.41 Å². The minimum Gasteiger partial charge on any atom is -0.310 e. The van der Waals surface area contributed by atoms with Gasteiger partial charge in [0.1, 0.15) is 0 Å². The van der Waals surface area contributed by atoms with Crippen LogP contribution in [0.5, 0.6) is 0 Å². The van der Waals surface area contributed by atoms with E-state index in [1.165, 1.54) is 98.7 Å². The van der Waals surface area contributed by atoms with Gasteiger partial charge in [0.25, 0.3) is 0 Å². The average Bonchev–Trinajstić information content (AvgIpc) is 3.67.